The van der Waals surface area contributed by atoms with Gasteiger partial charge in [0.2, 0.25) is 0 Å². The maximum absolute atomic E-state index is 12.9. The summed E-state index contributed by atoms with van der Waals surface area (Å²) in [6, 6.07) is 13.4. The van der Waals surface area contributed by atoms with E-state index in [4.69, 9.17) is 9.37 Å². The van der Waals surface area contributed by atoms with Crippen LogP contribution in [0, 0.1) is 5.92 Å². The van der Waals surface area contributed by atoms with E-state index in [0.29, 0.717) is 0 Å². The van der Waals surface area contributed by atoms with Gasteiger partial charge in [-0.25, -0.2) is 4.63 Å². The number of aromatic nitrogens is 2. The monoisotopic (exact) mass is 351 g/mol. The molecule has 1 saturated heterocycles. The van der Waals surface area contributed by atoms with E-state index in [1.165, 1.54) is 0 Å². The van der Waals surface area contributed by atoms with Gasteiger partial charge in [0.1, 0.15) is 16.8 Å². The lowest BCUT2D eigenvalue weighted by atomic mass is 9.89. The summed E-state index contributed by atoms with van der Waals surface area (Å²) in [5.74, 6) is 0.941. The Morgan fingerprint density at radius 3 is 3.00 bits per heavy atom. The molecule has 1 aliphatic heterocycles. The number of hydrogen-bond donors (Lipinski definition) is 0. The van der Waals surface area contributed by atoms with Crippen molar-refractivity contribution >= 4 is 16.8 Å². The van der Waals surface area contributed by atoms with Gasteiger partial charge in [-0.15, -0.1) is 0 Å². The normalized spacial score (nSPS) is 18.1. The van der Waals surface area contributed by atoms with E-state index in [1.807, 2.05) is 42.5 Å². The number of benzene rings is 2. The molecule has 0 N–H and O–H groups in total. The Hall–Kier alpha value is -2.73. The van der Waals surface area contributed by atoms with Crippen LogP contribution in [0.4, 0.5) is 0 Å². The zero-order chi connectivity index (χ0) is 17.9. The van der Waals surface area contributed by atoms with Crippen molar-refractivity contribution in [3.8, 4) is 5.75 Å². The molecule has 0 bridgehead atoms. The Bertz CT molecular complexity index is 921. The van der Waals surface area contributed by atoms with Crippen LogP contribution in [0.5, 0.6) is 5.75 Å². The molecule has 6 nitrogen and oxygen atoms in total. The van der Waals surface area contributed by atoms with E-state index in [2.05, 4.69) is 15.2 Å². The summed E-state index contributed by atoms with van der Waals surface area (Å²) < 4.78 is 10.00. The van der Waals surface area contributed by atoms with Crippen molar-refractivity contribution in [2.75, 3.05) is 20.2 Å². The van der Waals surface area contributed by atoms with Crippen LogP contribution in [0.2, 0.25) is 0 Å². The summed E-state index contributed by atoms with van der Waals surface area (Å²) in [5, 5.41) is 7.74. The largest absolute Gasteiger partial charge is 0.497 e. The van der Waals surface area contributed by atoms with Gasteiger partial charge in [-0.1, -0.05) is 18.2 Å². The topological polar surface area (TPSA) is 68.5 Å². The minimum atomic E-state index is 0.0216. The molecule has 0 radical (unpaired) electrons. The third-order valence-corrected chi connectivity index (χ3v) is 4.95. The van der Waals surface area contributed by atoms with Crippen LogP contribution in [0.1, 0.15) is 28.8 Å². The highest BCUT2D eigenvalue weighted by atomic mass is 16.6. The number of carbonyl (C=O) groups excluding carboxylic acids is 1. The number of carbonyl (C=O) groups is 1. The van der Waals surface area contributed by atoms with Gasteiger partial charge in [0, 0.05) is 24.6 Å². The van der Waals surface area contributed by atoms with Crippen LogP contribution in [0.25, 0.3) is 11.0 Å². The Kier molecular flexibility index (Phi) is 4.67. The predicted molar refractivity (Wildman–Crippen MR) is 97.1 cm³/mol. The van der Waals surface area contributed by atoms with E-state index < -0.39 is 0 Å². The molecule has 0 aliphatic carbocycles. The van der Waals surface area contributed by atoms with Crippen LogP contribution in [-0.2, 0) is 6.54 Å². The molecule has 2 heterocycles. The fourth-order valence-corrected chi connectivity index (χ4v) is 3.61. The first-order valence-electron chi connectivity index (χ1n) is 8.85. The summed E-state index contributed by atoms with van der Waals surface area (Å²) in [6.07, 6.45) is 1.95. The average molecular weight is 351 g/mol. The van der Waals surface area contributed by atoms with Crippen LogP contribution in [0.3, 0.4) is 0 Å². The number of fused-ring (bicyclic) bond motifs is 1. The summed E-state index contributed by atoms with van der Waals surface area (Å²) in [4.78, 5) is 15.2. The number of ether oxygens (including phenoxy) is 1. The lowest BCUT2D eigenvalue weighted by Gasteiger charge is -2.32. The first-order chi connectivity index (χ1) is 12.7. The summed E-state index contributed by atoms with van der Waals surface area (Å²) in [7, 11) is 1.62. The Labute approximate surface area is 151 Å². The standard InChI is InChI=1S/C20H21N3O3/c1-25-17-6-2-4-15(11-17)20(24)16-5-3-9-23(13-16)12-14-7-8-18-19(10-14)22-26-21-18/h2,4,6-8,10-11,16H,3,5,9,12-13H2,1H3/t16-/m1/s1. The van der Waals surface area contributed by atoms with Gasteiger partial charge in [0.15, 0.2) is 5.78 Å². The second kappa shape index (κ2) is 7.25. The third-order valence-electron chi connectivity index (χ3n) is 4.95. The minimum absolute atomic E-state index is 0.0216. The van der Waals surface area contributed by atoms with Crippen molar-refractivity contribution in [3.63, 3.8) is 0 Å². The Morgan fingerprint density at radius 2 is 2.12 bits per heavy atom. The van der Waals surface area contributed by atoms with E-state index >= 15 is 0 Å². The van der Waals surface area contributed by atoms with E-state index in [0.717, 1.165) is 60.4 Å². The van der Waals surface area contributed by atoms with Crippen LogP contribution >= 0.6 is 0 Å². The van der Waals surface area contributed by atoms with Crippen molar-refractivity contribution in [2.45, 2.75) is 19.4 Å². The molecule has 0 spiro atoms. The highest BCUT2D eigenvalue weighted by Gasteiger charge is 2.26. The first kappa shape index (κ1) is 16.7. The molecule has 1 aromatic heterocycles. The summed E-state index contributed by atoms with van der Waals surface area (Å²) >= 11 is 0. The second-order valence-corrected chi connectivity index (χ2v) is 6.76. The minimum Gasteiger partial charge on any atom is -0.497 e. The lowest BCUT2D eigenvalue weighted by molar-refractivity contribution is 0.0811. The zero-order valence-corrected chi connectivity index (χ0v) is 14.7. The van der Waals surface area contributed by atoms with Gasteiger partial charge in [-0.3, -0.25) is 9.69 Å². The average Bonchev–Trinajstić information content (AvgIpc) is 3.15. The van der Waals surface area contributed by atoms with Crippen molar-refractivity contribution in [1.29, 1.82) is 0 Å². The maximum atomic E-state index is 12.9. The number of rotatable bonds is 5. The number of likely N-dealkylation sites (tertiary alicyclic amines) is 1. The molecule has 2 aromatic carbocycles. The zero-order valence-electron chi connectivity index (χ0n) is 14.7. The first-order valence-corrected chi connectivity index (χ1v) is 8.85. The summed E-state index contributed by atoms with van der Waals surface area (Å²) in [6.45, 7) is 2.56. The highest BCUT2D eigenvalue weighted by molar-refractivity contribution is 5.98. The van der Waals surface area contributed by atoms with Crippen LogP contribution in [0.15, 0.2) is 47.1 Å². The number of methoxy groups -OCH3 is 1. The molecule has 26 heavy (non-hydrogen) atoms. The van der Waals surface area contributed by atoms with Gasteiger partial charge in [0.05, 0.1) is 7.11 Å². The van der Waals surface area contributed by atoms with Crippen LogP contribution in [-0.4, -0.2) is 41.2 Å². The molecular formula is C20H21N3O3. The van der Waals surface area contributed by atoms with Gasteiger partial charge < -0.3 is 4.74 Å². The van der Waals surface area contributed by atoms with Crippen molar-refractivity contribution in [1.82, 2.24) is 15.2 Å². The quantitative estimate of drug-likeness (QED) is 0.657. The van der Waals surface area contributed by atoms with Crippen molar-refractivity contribution in [3.05, 3.63) is 53.6 Å². The van der Waals surface area contributed by atoms with Gasteiger partial charge >= 0.3 is 0 Å². The molecule has 134 valence electrons. The lowest BCUT2D eigenvalue weighted by Crippen LogP contribution is -2.38. The maximum Gasteiger partial charge on any atom is 0.167 e. The van der Waals surface area contributed by atoms with Crippen molar-refractivity contribution in [2.24, 2.45) is 5.92 Å². The van der Waals surface area contributed by atoms with Gasteiger partial charge in [0.25, 0.3) is 0 Å². The Balaban J connectivity index is 1.45. The molecule has 1 aliphatic rings. The van der Waals surface area contributed by atoms with Crippen molar-refractivity contribution < 1.29 is 14.2 Å². The Morgan fingerprint density at radius 1 is 1.23 bits per heavy atom. The molecule has 3 aromatic rings. The predicted octanol–water partition coefficient (Wildman–Crippen LogP) is 3.33. The SMILES string of the molecule is COc1cccc(C(=O)[C@@H]2CCCN(Cc3ccc4nonc4c3)C2)c1. The van der Waals surface area contributed by atoms with E-state index in [9.17, 15) is 4.79 Å². The fraction of sp³-hybridized carbons (Fsp3) is 0.350. The number of nitrogens with zero attached hydrogens (tertiary/aromatic N) is 3. The number of Topliss-reactive ketones (excluding diaryl/α,β-unsaturated/α-hetero) is 1. The van der Waals surface area contributed by atoms with E-state index in [-0.39, 0.29) is 11.7 Å². The molecular weight excluding hydrogens is 330 g/mol. The molecule has 1 fully saturated rings. The molecule has 0 unspecified atom stereocenters. The van der Waals surface area contributed by atoms with E-state index in [1.54, 1.807) is 7.11 Å². The fourth-order valence-electron chi connectivity index (χ4n) is 3.61. The molecule has 4 rings (SSSR count). The number of ketones is 1. The molecule has 6 heteroatoms. The molecule has 0 amide bonds. The van der Waals surface area contributed by atoms with Gasteiger partial charge in [-0.2, -0.15) is 0 Å². The van der Waals surface area contributed by atoms with Crippen LogP contribution < -0.4 is 4.74 Å². The summed E-state index contributed by atoms with van der Waals surface area (Å²) in [5.41, 5.74) is 3.41. The molecule has 0 saturated carbocycles. The molecule has 1 atom stereocenters. The smallest absolute Gasteiger partial charge is 0.167 e. The third kappa shape index (κ3) is 3.46. The number of hydrogen-bond acceptors (Lipinski definition) is 6. The second-order valence-electron chi connectivity index (χ2n) is 6.76. The van der Waals surface area contributed by atoms with Gasteiger partial charge in [-0.05, 0) is 59.5 Å². The number of piperidine rings is 1. The highest BCUT2D eigenvalue weighted by Crippen LogP contribution is 2.24.